The molecule has 0 amide bonds. The van der Waals surface area contributed by atoms with Gasteiger partial charge in [-0.15, -0.1) is 0 Å². The number of halogens is 2. The van der Waals surface area contributed by atoms with Crippen molar-refractivity contribution in [2.45, 2.75) is 25.8 Å². The van der Waals surface area contributed by atoms with Crippen LogP contribution in [0.2, 0.25) is 5.02 Å². The Kier molecular flexibility index (Phi) is 5.64. The Morgan fingerprint density at radius 2 is 2.25 bits per heavy atom. The third-order valence-corrected chi connectivity index (χ3v) is 4.10. The second-order valence-corrected chi connectivity index (χ2v) is 6.19. The van der Waals surface area contributed by atoms with E-state index in [2.05, 4.69) is 45.5 Å². The maximum Gasteiger partial charge on any atom is 0.0522 e. The van der Waals surface area contributed by atoms with Crippen LogP contribution in [0.25, 0.3) is 0 Å². The second kappa shape index (κ2) is 7.25. The van der Waals surface area contributed by atoms with E-state index in [-0.39, 0.29) is 6.04 Å². The van der Waals surface area contributed by atoms with E-state index in [0.29, 0.717) is 0 Å². The van der Waals surface area contributed by atoms with Gasteiger partial charge in [-0.05, 0) is 42.6 Å². The number of hydrogen-bond acceptors (Lipinski definition) is 2. The first-order valence-corrected chi connectivity index (χ1v) is 7.93. The molecular weight excluding hydrogens is 338 g/mol. The quantitative estimate of drug-likeness (QED) is 0.844. The maximum atomic E-state index is 6.03. The average molecular weight is 357 g/mol. The molecule has 1 atom stereocenters. The van der Waals surface area contributed by atoms with Crippen LogP contribution in [0.3, 0.4) is 0 Å². The van der Waals surface area contributed by atoms with Crippen molar-refractivity contribution in [2.24, 2.45) is 7.05 Å². The molecule has 0 aliphatic rings. The Bertz CT molecular complexity index is 568. The second-order valence-electron chi connectivity index (χ2n) is 4.90. The van der Waals surface area contributed by atoms with Gasteiger partial charge in [0.15, 0.2) is 0 Å². The molecule has 0 saturated carbocycles. The number of aromatic nitrogens is 2. The van der Waals surface area contributed by atoms with Gasteiger partial charge < -0.3 is 5.32 Å². The minimum atomic E-state index is 0.255. The summed E-state index contributed by atoms with van der Waals surface area (Å²) >= 11 is 9.64. The normalized spacial score (nSPS) is 12.6. The monoisotopic (exact) mass is 355 g/mol. The van der Waals surface area contributed by atoms with E-state index in [1.165, 1.54) is 11.1 Å². The molecule has 108 valence electrons. The van der Waals surface area contributed by atoms with Gasteiger partial charge in [-0.2, -0.15) is 5.10 Å². The molecule has 0 bridgehead atoms. The summed E-state index contributed by atoms with van der Waals surface area (Å²) in [6.07, 6.45) is 6.00. The van der Waals surface area contributed by atoms with E-state index >= 15 is 0 Å². The molecule has 0 aliphatic heterocycles. The van der Waals surface area contributed by atoms with E-state index in [1.807, 2.05) is 30.1 Å². The third-order valence-electron chi connectivity index (χ3n) is 3.18. The number of rotatable bonds is 6. The summed E-state index contributed by atoms with van der Waals surface area (Å²) in [6, 6.07) is 6.22. The van der Waals surface area contributed by atoms with Crippen LogP contribution in [-0.4, -0.2) is 16.3 Å². The topological polar surface area (TPSA) is 29.9 Å². The molecule has 1 unspecified atom stereocenters. The summed E-state index contributed by atoms with van der Waals surface area (Å²) in [5, 5.41) is 8.58. The minimum absolute atomic E-state index is 0.255. The minimum Gasteiger partial charge on any atom is -0.310 e. The van der Waals surface area contributed by atoms with Crippen LogP contribution >= 0.6 is 27.5 Å². The fraction of sp³-hybridized carbons (Fsp3) is 0.400. The lowest BCUT2D eigenvalue weighted by molar-refractivity contribution is 0.527. The molecule has 1 aromatic carbocycles. The molecular formula is C15H19BrClN3. The van der Waals surface area contributed by atoms with E-state index < -0.39 is 0 Å². The lowest BCUT2D eigenvalue weighted by Crippen LogP contribution is -2.24. The van der Waals surface area contributed by atoms with Gasteiger partial charge in [0.05, 0.1) is 6.20 Å². The predicted octanol–water partition coefficient (Wildman–Crippen LogP) is 4.12. The maximum absolute atomic E-state index is 6.03. The van der Waals surface area contributed by atoms with Gasteiger partial charge in [0.25, 0.3) is 0 Å². The van der Waals surface area contributed by atoms with Gasteiger partial charge >= 0.3 is 0 Å². The summed E-state index contributed by atoms with van der Waals surface area (Å²) in [5.41, 5.74) is 2.45. The third kappa shape index (κ3) is 4.08. The van der Waals surface area contributed by atoms with Crippen molar-refractivity contribution in [3.8, 4) is 0 Å². The molecule has 1 aromatic heterocycles. The van der Waals surface area contributed by atoms with Crippen molar-refractivity contribution in [3.05, 3.63) is 51.2 Å². The van der Waals surface area contributed by atoms with Crippen molar-refractivity contribution >= 4 is 27.5 Å². The standard InChI is InChI=1S/C15H19BrClN3/c1-3-6-18-15(7-11-9-19-20(2)10-11)13-5-4-12(17)8-14(13)16/h4-5,8-10,15,18H,3,6-7H2,1-2H3. The van der Waals surface area contributed by atoms with Crippen molar-refractivity contribution in [2.75, 3.05) is 6.54 Å². The summed E-state index contributed by atoms with van der Waals surface area (Å²) in [5.74, 6) is 0. The Balaban J connectivity index is 2.22. The van der Waals surface area contributed by atoms with Crippen LogP contribution in [0.4, 0.5) is 0 Å². The Labute approximate surface area is 133 Å². The van der Waals surface area contributed by atoms with Crippen molar-refractivity contribution in [3.63, 3.8) is 0 Å². The fourth-order valence-corrected chi connectivity index (χ4v) is 3.17. The first-order valence-electron chi connectivity index (χ1n) is 6.76. The molecule has 3 nitrogen and oxygen atoms in total. The zero-order valence-corrected chi connectivity index (χ0v) is 14.1. The van der Waals surface area contributed by atoms with Crippen molar-refractivity contribution in [1.82, 2.24) is 15.1 Å². The van der Waals surface area contributed by atoms with E-state index in [9.17, 15) is 0 Å². The first-order chi connectivity index (χ1) is 9.60. The molecule has 20 heavy (non-hydrogen) atoms. The van der Waals surface area contributed by atoms with Crippen LogP contribution in [0, 0.1) is 0 Å². The molecule has 5 heteroatoms. The van der Waals surface area contributed by atoms with Crippen LogP contribution < -0.4 is 5.32 Å². The van der Waals surface area contributed by atoms with E-state index in [1.54, 1.807) is 0 Å². The van der Waals surface area contributed by atoms with Gasteiger partial charge in [-0.1, -0.05) is 40.5 Å². The molecule has 1 heterocycles. The lowest BCUT2D eigenvalue weighted by Gasteiger charge is -2.20. The SMILES string of the molecule is CCCNC(Cc1cnn(C)c1)c1ccc(Cl)cc1Br. The fourth-order valence-electron chi connectivity index (χ4n) is 2.21. The highest BCUT2D eigenvalue weighted by molar-refractivity contribution is 9.10. The molecule has 1 N–H and O–H groups in total. The van der Waals surface area contributed by atoms with Crippen molar-refractivity contribution in [1.29, 1.82) is 0 Å². The van der Waals surface area contributed by atoms with E-state index in [0.717, 1.165) is 28.9 Å². The first kappa shape index (κ1) is 15.5. The van der Waals surface area contributed by atoms with E-state index in [4.69, 9.17) is 11.6 Å². The molecule has 0 aliphatic carbocycles. The van der Waals surface area contributed by atoms with Crippen LogP contribution in [0.5, 0.6) is 0 Å². The van der Waals surface area contributed by atoms with Crippen LogP contribution in [0.15, 0.2) is 35.1 Å². The van der Waals surface area contributed by atoms with Gasteiger partial charge in [0.1, 0.15) is 0 Å². The number of benzene rings is 1. The Hall–Kier alpha value is -0.840. The summed E-state index contributed by atoms with van der Waals surface area (Å²) < 4.78 is 2.88. The summed E-state index contributed by atoms with van der Waals surface area (Å²) in [4.78, 5) is 0. The zero-order chi connectivity index (χ0) is 14.5. The molecule has 2 rings (SSSR count). The van der Waals surface area contributed by atoms with Gasteiger partial charge in [-0.25, -0.2) is 0 Å². The van der Waals surface area contributed by atoms with Crippen LogP contribution in [0.1, 0.15) is 30.5 Å². The Morgan fingerprint density at radius 1 is 1.45 bits per heavy atom. The van der Waals surface area contributed by atoms with Gasteiger partial charge in [0.2, 0.25) is 0 Å². The highest BCUT2D eigenvalue weighted by Crippen LogP contribution is 2.28. The summed E-state index contributed by atoms with van der Waals surface area (Å²) in [6.45, 7) is 3.16. The van der Waals surface area contributed by atoms with Crippen molar-refractivity contribution < 1.29 is 0 Å². The predicted molar refractivity (Wildman–Crippen MR) is 87.1 cm³/mol. The lowest BCUT2D eigenvalue weighted by atomic mass is 10.0. The number of nitrogens with one attached hydrogen (secondary N) is 1. The average Bonchev–Trinajstić information content (AvgIpc) is 2.80. The summed E-state index contributed by atoms with van der Waals surface area (Å²) in [7, 11) is 1.94. The zero-order valence-electron chi connectivity index (χ0n) is 11.7. The van der Waals surface area contributed by atoms with Gasteiger partial charge in [0, 0.05) is 28.8 Å². The van der Waals surface area contributed by atoms with Crippen LogP contribution in [-0.2, 0) is 13.5 Å². The molecule has 2 aromatic rings. The highest BCUT2D eigenvalue weighted by Gasteiger charge is 2.15. The molecule has 0 fully saturated rings. The smallest absolute Gasteiger partial charge is 0.0522 e. The Morgan fingerprint density at radius 3 is 2.85 bits per heavy atom. The highest BCUT2D eigenvalue weighted by atomic mass is 79.9. The number of nitrogens with zero attached hydrogens (tertiary/aromatic N) is 2. The number of hydrogen-bond donors (Lipinski definition) is 1. The largest absolute Gasteiger partial charge is 0.310 e. The number of aryl methyl sites for hydroxylation is 1. The molecule has 0 radical (unpaired) electrons. The van der Waals surface area contributed by atoms with Gasteiger partial charge in [-0.3, -0.25) is 4.68 Å². The molecule has 0 spiro atoms. The molecule has 0 saturated heterocycles.